The van der Waals surface area contributed by atoms with Gasteiger partial charge in [-0.15, -0.1) is 0 Å². The summed E-state index contributed by atoms with van der Waals surface area (Å²) in [6, 6.07) is 7.22. The van der Waals surface area contributed by atoms with Crippen LogP contribution in [0.2, 0.25) is 0 Å². The van der Waals surface area contributed by atoms with Crippen molar-refractivity contribution in [3.8, 4) is 0 Å². The molecule has 106 valence electrons. The molecule has 1 fully saturated rings. The molecule has 4 heteroatoms. The van der Waals surface area contributed by atoms with Gasteiger partial charge in [-0.3, -0.25) is 10.00 Å². The van der Waals surface area contributed by atoms with Crippen molar-refractivity contribution in [2.24, 2.45) is 0 Å². The molecule has 2 aromatic rings. The van der Waals surface area contributed by atoms with Crippen LogP contribution >= 0.6 is 0 Å². The largest absolute Gasteiger partial charge is 0.297 e. The van der Waals surface area contributed by atoms with E-state index in [2.05, 4.69) is 22.0 Å². The predicted octanol–water partition coefficient (Wildman–Crippen LogP) is 3.49. The highest BCUT2D eigenvalue weighted by Crippen LogP contribution is 2.31. The van der Waals surface area contributed by atoms with Crippen LogP contribution in [0.1, 0.15) is 42.9 Å². The number of hydrogen-bond acceptors (Lipinski definition) is 2. The molecule has 1 aromatic heterocycles. The topological polar surface area (TPSA) is 31.9 Å². The van der Waals surface area contributed by atoms with Crippen LogP contribution < -0.4 is 0 Å². The van der Waals surface area contributed by atoms with Crippen LogP contribution in [-0.2, 0) is 0 Å². The Hall–Kier alpha value is -1.68. The van der Waals surface area contributed by atoms with Gasteiger partial charge < -0.3 is 0 Å². The second-order valence-corrected chi connectivity index (χ2v) is 5.57. The summed E-state index contributed by atoms with van der Waals surface area (Å²) in [5.41, 5.74) is 2.51. The molecule has 1 atom stereocenters. The SMILES string of the molecule is C[C@@H](c1ccc(F)cc1)N1CCC(c2cn[nH]c2)CC1. The van der Waals surface area contributed by atoms with Gasteiger partial charge in [0, 0.05) is 12.2 Å². The number of H-pyrrole nitrogens is 1. The maximum atomic E-state index is 13.0. The monoisotopic (exact) mass is 273 g/mol. The zero-order valence-electron chi connectivity index (χ0n) is 11.7. The van der Waals surface area contributed by atoms with Crippen molar-refractivity contribution in [3.05, 3.63) is 53.6 Å². The van der Waals surface area contributed by atoms with Gasteiger partial charge >= 0.3 is 0 Å². The number of aromatic nitrogens is 2. The average Bonchev–Trinajstić information content (AvgIpc) is 3.02. The van der Waals surface area contributed by atoms with Crippen molar-refractivity contribution in [2.75, 3.05) is 13.1 Å². The molecule has 3 nitrogen and oxygen atoms in total. The van der Waals surface area contributed by atoms with Gasteiger partial charge in [-0.1, -0.05) is 12.1 Å². The number of nitrogens with zero attached hydrogens (tertiary/aromatic N) is 2. The summed E-state index contributed by atoms with van der Waals surface area (Å²) in [5, 5.41) is 6.93. The summed E-state index contributed by atoms with van der Waals surface area (Å²) in [6.07, 6.45) is 6.25. The highest BCUT2D eigenvalue weighted by atomic mass is 19.1. The molecule has 3 rings (SSSR count). The minimum absolute atomic E-state index is 0.167. The lowest BCUT2D eigenvalue weighted by atomic mass is 9.90. The number of nitrogens with one attached hydrogen (secondary N) is 1. The lowest BCUT2D eigenvalue weighted by molar-refractivity contribution is 0.162. The zero-order valence-corrected chi connectivity index (χ0v) is 11.7. The maximum Gasteiger partial charge on any atom is 0.123 e. The van der Waals surface area contributed by atoms with E-state index in [1.165, 1.54) is 11.1 Å². The number of rotatable bonds is 3. The van der Waals surface area contributed by atoms with E-state index in [9.17, 15) is 4.39 Å². The molecule has 1 saturated heterocycles. The van der Waals surface area contributed by atoms with Gasteiger partial charge in [-0.05, 0) is 62.0 Å². The van der Waals surface area contributed by atoms with Crippen molar-refractivity contribution in [1.29, 1.82) is 0 Å². The minimum atomic E-state index is -0.167. The number of piperidine rings is 1. The van der Waals surface area contributed by atoms with Crippen molar-refractivity contribution >= 4 is 0 Å². The van der Waals surface area contributed by atoms with Gasteiger partial charge in [-0.2, -0.15) is 5.10 Å². The van der Waals surface area contributed by atoms with Crippen molar-refractivity contribution in [2.45, 2.75) is 31.7 Å². The van der Waals surface area contributed by atoms with Crippen LogP contribution in [0.3, 0.4) is 0 Å². The Morgan fingerprint density at radius 3 is 2.55 bits per heavy atom. The predicted molar refractivity (Wildman–Crippen MR) is 77.0 cm³/mol. The Kier molecular flexibility index (Phi) is 3.83. The summed E-state index contributed by atoms with van der Waals surface area (Å²) >= 11 is 0. The van der Waals surface area contributed by atoms with Gasteiger partial charge in [0.05, 0.1) is 6.20 Å². The molecule has 0 amide bonds. The Labute approximate surface area is 118 Å². The zero-order chi connectivity index (χ0) is 13.9. The lowest BCUT2D eigenvalue weighted by Crippen LogP contribution is -2.35. The van der Waals surface area contributed by atoms with Crippen LogP contribution in [0.5, 0.6) is 0 Å². The van der Waals surface area contributed by atoms with Gasteiger partial charge in [0.2, 0.25) is 0 Å². The molecule has 0 unspecified atom stereocenters. The van der Waals surface area contributed by atoms with E-state index >= 15 is 0 Å². The quantitative estimate of drug-likeness (QED) is 0.928. The summed E-state index contributed by atoms with van der Waals surface area (Å²) in [5.74, 6) is 0.449. The van der Waals surface area contributed by atoms with E-state index in [0.717, 1.165) is 25.9 Å². The van der Waals surface area contributed by atoms with Gasteiger partial charge in [-0.25, -0.2) is 4.39 Å². The number of likely N-dealkylation sites (tertiary alicyclic amines) is 1. The van der Waals surface area contributed by atoms with Gasteiger partial charge in [0.15, 0.2) is 0 Å². The summed E-state index contributed by atoms with van der Waals surface area (Å²) < 4.78 is 13.0. The smallest absolute Gasteiger partial charge is 0.123 e. The maximum absolute atomic E-state index is 13.0. The van der Waals surface area contributed by atoms with Crippen LogP contribution in [0.25, 0.3) is 0 Å². The highest BCUT2D eigenvalue weighted by Gasteiger charge is 2.24. The first-order valence-electron chi connectivity index (χ1n) is 7.22. The molecular weight excluding hydrogens is 253 g/mol. The van der Waals surface area contributed by atoms with E-state index < -0.39 is 0 Å². The molecule has 2 heterocycles. The van der Waals surface area contributed by atoms with E-state index in [-0.39, 0.29) is 5.82 Å². The number of aromatic amines is 1. The van der Waals surface area contributed by atoms with E-state index in [1.807, 2.05) is 24.5 Å². The van der Waals surface area contributed by atoms with Crippen LogP contribution in [0.4, 0.5) is 4.39 Å². The first-order valence-corrected chi connectivity index (χ1v) is 7.22. The van der Waals surface area contributed by atoms with E-state index in [1.54, 1.807) is 12.1 Å². The van der Waals surface area contributed by atoms with Crippen LogP contribution in [0.15, 0.2) is 36.7 Å². The Balaban J connectivity index is 1.61. The van der Waals surface area contributed by atoms with Crippen LogP contribution in [0, 0.1) is 5.82 Å². The molecule has 1 N–H and O–H groups in total. The van der Waals surface area contributed by atoms with Gasteiger partial charge in [0.1, 0.15) is 5.82 Å². The molecule has 0 aliphatic carbocycles. The van der Waals surface area contributed by atoms with Crippen molar-refractivity contribution in [3.63, 3.8) is 0 Å². The fourth-order valence-electron chi connectivity index (χ4n) is 3.06. The number of halogens is 1. The summed E-state index contributed by atoms with van der Waals surface area (Å²) in [6.45, 7) is 4.36. The number of benzene rings is 1. The lowest BCUT2D eigenvalue weighted by Gasteiger charge is -2.36. The first kappa shape index (κ1) is 13.3. The highest BCUT2D eigenvalue weighted by molar-refractivity contribution is 5.20. The molecule has 20 heavy (non-hydrogen) atoms. The summed E-state index contributed by atoms with van der Waals surface area (Å²) in [4.78, 5) is 2.48. The molecule has 0 saturated carbocycles. The molecule has 0 bridgehead atoms. The third kappa shape index (κ3) is 2.75. The summed E-state index contributed by atoms with van der Waals surface area (Å²) in [7, 11) is 0. The van der Waals surface area contributed by atoms with E-state index in [0.29, 0.717) is 12.0 Å². The third-order valence-corrected chi connectivity index (χ3v) is 4.42. The molecule has 1 aromatic carbocycles. The average molecular weight is 273 g/mol. The molecular formula is C16H20FN3. The Morgan fingerprint density at radius 1 is 1.25 bits per heavy atom. The molecule has 1 aliphatic rings. The minimum Gasteiger partial charge on any atom is -0.297 e. The first-order chi connectivity index (χ1) is 9.74. The normalized spacial score (nSPS) is 19.1. The number of hydrogen-bond donors (Lipinski definition) is 1. The molecule has 0 radical (unpaired) electrons. The van der Waals surface area contributed by atoms with E-state index in [4.69, 9.17) is 0 Å². The van der Waals surface area contributed by atoms with Crippen molar-refractivity contribution in [1.82, 2.24) is 15.1 Å². The molecule has 0 spiro atoms. The second-order valence-electron chi connectivity index (χ2n) is 5.57. The Bertz CT molecular complexity index is 527. The van der Waals surface area contributed by atoms with Crippen molar-refractivity contribution < 1.29 is 4.39 Å². The van der Waals surface area contributed by atoms with Crippen LogP contribution in [-0.4, -0.2) is 28.2 Å². The Morgan fingerprint density at radius 2 is 1.95 bits per heavy atom. The fourth-order valence-corrected chi connectivity index (χ4v) is 3.06. The fraction of sp³-hybridized carbons (Fsp3) is 0.438. The van der Waals surface area contributed by atoms with Gasteiger partial charge in [0.25, 0.3) is 0 Å². The second kappa shape index (κ2) is 5.75. The standard InChI is InChI=1S/C16H20FN3/c1-12(13-2-4-16(17)5-3-13)20-8-6-14(7-9-20)15-10-18-19-11-15/h2-5,10-12,14H,6-9H2,1H3,(H,18,19)/t12-/m0/s1. The third-order valence-electron chi connectivity index (χ3n) is 4.42. The molecule has 1 aliphatic heterocycles.